The van der Waals surface area contributed by atoms with Gasteiger partial charge >= 0.3 is 0 Å². The number of nitrogens with one attached hydrogen (secondary N) is 1. The van der Waals surface area contributed by atoms with Gasteiger partial charge in [0, 0.05) is 13.1 Å². The second-order valence-electron chi connectivity index (χ2n) is 3.49. The number of hydrogen-bond acceptors (Lipinski definition) is 3. The number of rotatable bonds is 2. The first-order valence-electron chi connectivity index (χ1n) is 4.39. The number of benzene rings is 1. The molecule has 0 amide bonds. The molecule has 3 nitrogen and oxygen atoms in total. The van der Waals surface area contributed by atoms with E-state index in [1.807, 2.05) is 24.3 Å². The number of methoxy groups -OCH3 is 1. The highest BCUT2D eigenvalue weighted by atomic mass is 35.5. The Morgan fingerprint density at radius 3 is 2.07 bits per heavy atom. The second-order valence-corrected chi connectivity index (χ2v) is 3.49. The van der Waals surface area contributed by atoms with Crippen molar-refractivity contribution in [1.82, 2.24) is 5.32 Å². The van der Waals surface area contributed by atoms with Crippen LogP contribution in [0.3, 0.4) is 0 Å². The number of hydrogen-bond donors (Lipinski definition) is 2. The SMILES string of the molecule is COc1ccc(C2(N)CNC2)cc1.Cl.Cl. The molecule has 0 aromatic heterocycles. The smallest absolute Gasteiger partial charge is 0.118 e. The average molecular weight is 251 g/mol. The van der Waals surface area contributed by atoms with Gasteiger partial charge in [0.2, 0.25) is 0 Å². The van der Waals surface area contributed by atoms with Crippen molar-refractivity contribution in [1.29, 1.82) is 0 Å². The van der Waals surface area contributed by atoms with E-state index in [1.165, 1.54) is 5.56 Å². The first kappa shape index (κ1) is 14.5. The van der Waals surface area contributed by atoms with Gasteiger partial charge in [-0.1, -0.05) is 12.1 Å². The lowest BCUT2D eigenvalue weighted by atomic mass is 9.85. The van der Waals surface area contributed by atoms with Crippen molar-refractivity contribution in [2.45, 2.75) is 5.54 Å². The van der Waals surface area contributed by atoms with Crippen LogP contribution in [0, 0.1) is 0 Å². The lowest BCUT2D eigenvalue weighted by Gasteiger charge is -2.39. The largest absolute Gasteiger partial charge is 0.497 e. The molecule has 3 N–H and O–H groups in total. The van der Waals surface area contributed by atoms with Crippen LogP contribution in [0.25, 0.3) is 0 Å². The molecule has 0 bridgehead atoms. The minimum Gasteiger partial charge on any atom is -0.497 e. The van der Waals surface area contributed by atoms with Gasteiger partial charge in [-0.2, -0.15) is 0 Å². The minimum atomic E-state index is -0.160. The maximum atomic E-state index is 6.11. The molecular formula is C10H16Cl2N2O. The summed E-state index contributed by atoms with van der Waals surface area (Å²) in [6, 6.07) is 7.95. The van der Waals surface area contributed by atoms with E-state index in [-0.39, 0.29) is 30.4 Å². The van der Waals surface area contributed by atoms with Crippen molar-refractivity contribution in [2.75, 3.05) is 20.2 Å². The molecule has 1 saturated heterocycles. The number of ether oxygens (including phenoxy) is 1. The normalized spacial score (nSPS) is 16.7. The zero-order valence-corrected chi connectivity index (χ0v) is 10.2. The van der Waals surface area contributed by atoms with Gasteiger partial charge in [-0.15, -0.1) is 24.8 Å². The molecule has 5 heteroatoms. The van der Waals surface area contributed by atoms with E-state index >= 15 is 0 Å². The quantitative estimate of drug-likeness (QED) is 0.832. The van der Waals surface area contributed by atoms with Crippen LogP contribution < -0.4 is 15.8 Å². The van der Waals surface area contributed by atoms with Gasteiger partial charge in [-0.25, -0.2) is 0 Å². The molecular weight excluding hydrogens is 235 g/mol. The van der Waals surface area contributed by atoms with Crippen LogP contribution in [-0.2, 0) is 5.54 Å². The zero-order valence-electron chi connectivity index (χ0n) is 8.53. The first-order chi connectivity index (χ1) is 6.24. The Morgan fingerprint density at radius 2 is 1.73 bits per heavy atom. The Labute approximate surface area is 102 Å². The molecule has 1 fully saturated rings. The minimum absolute atomic E-state index is 0. The highest BCUT2D eigenvalue weighted by Crippen LogP contribution is 2.24. The van der Waals surface area contributed by atoms with E-state index in [2.05, 4.69) is 5.32 Å². The van der Waals surface area contributed by atoms with E-state index in [0.29, 0.717) is 0 Å². The van der Waals surface area contributed by atoms with Gasteiger partial charge in [0.15, 0.2) is 0 Å². The third-order valence-corrected chi connectivity index (χ3v) is 2.55. The first-order valence-corrected chi connectivity index (χ1v) is 4.39. The van der Waals surface area contributed by atoms with Crippen molar-refractivity contribution >= 4 is 24.8 Å². The van der Waals surface area contributed by atoms with Gasteiger partial charge < -0.3 is 15.8 Å². The summed E-state index contributed by atoms with van der Waals surface area (Å²) < 4.78 is 5.08. The van der Waals surface area contributed by atoms with Crippen molar-refractivity contribution in [3.8, 4) is 5.75 Å². The van der Waals surface area contributed by atoms with E-state index in [1.54, 1.807) is 7.11 Å². The van der Waals surface area contributed by atoms with Crippen molar-refractivity contribution < 1.29 is 4.74 Å². The van der Waals surface area contributed by atoms with E-state index in [4.69, 9.17) is 10.5 Å². The molecule has 0 radical (unpaired) electrons. The van der Waals surface area contributed by atoms with Gasteiger partial charge in [-0.3, -0.25) is 0 Å². The fourth-order valence-corrected chi connectivity index (χ4v) is 1.52. The maximum Gasteiger partial charge on any atom is 0.118 e. The van der Waals surface area contributed by atoms with Crippen LogP contribution in [0.4, 0.5) is 0 Å². The highest BCUT2D eigenvalue weighted by molar-refractivity contribution is 5.85. The van der Waals surface area contributed by atoms with Crippen LogP contribution in [-0.4, -0.2) is 20.2 Å². The molecule has 0 spiro atoms. The van der Waals surface area contributed by atoms with Crippen LogP contribution in [0.2, 0.25) is 0 Å². The zero-order chi connectivity index (χ0) is 9.31. The Kier molecular flexibility index (Phi) is 5.38. The Morgan fingerprint density at radius 1 is 1.20 bits per heavy atom. The summed E-state index contributed by atoms with van der Waals surface area (Å²) in [4.78, 5) is 0. The standard InChI is InChI=1S/C10H14N2O.2ClH/c1-13-9-4-2-8(3-5-9)10(11)6-12-7-10;;/h2-5,12H,6-7,11H2,1H3;2*1H. The van der Waals surface area contributed by atoms with Gasteiger partial charge in [0.25, 0.3) is 0 Å². The summed E-state index contributed by atoms with van der Waals surface area (Å²) in [7, 11) is 1.66. The molecule has 1 aliphatic heterocycles. The van der Waals surface area contributed by atoms with Crippen molar-refractivity contribution in [2.24, 2.45) is 5.73 Å². The van der Waals surface area contributed by atoms with E-state index in [9.17, 15) is 0 Å². The topological polar surface area (TPSA) is 47.3 Å². The van der Waals surface area contributed by atoms with Gasteiger partial charge in [-0.05, 0) is 17.7 Å². The maximum absolute atomic E-state index is 6.11. The predicted molar refractivity (Wildman–Crippen MR) is 66.2 cm³/mol. The molecule has 2 rings (SSSR count). The average Bonchev–Trinajstić information content (AvgIpc) is 2.14. The summed E-state index contributed by atoms with van der Waals surface area (Å²) in [6.45, 7) is 1.72. The monoisotopic (exact) mass is 250 g/mol. The Balaban J connectivity index is 0.000000980. The summed E-state index contributed by atoms with van der Waals surface area (Å²) >= 11 is 0. The lowest BCUT2D eigenvalue weighted by Crippen LogP contribution is -2.62. The summed E-state index contributed by atoms with van der Waals surface area (Å²) in [5.41, 5.74) is 7.13. The summed E-state index contributed by atoms with van der Waals surface area (Å²) in [5.74, 6) is 0.875. The van der Waals surface area contributed by atoms with E-state index in [0.717, 1.165) is 18.8 Å². The fraction of sp³-hybridized carbons (Fsp3) is 0.400. The molecule has 0 aliphatic carbocycles. The lowest BCUT2D eigenvalue weighted by molar-refractivity contribution is 0.287. The second kappa shape index (κ2) is 5.56. The molecule has 0 atom stereocenters. The molecule has 1 aromatic carbocycles. The molecule has 1 aromatic rings. The van der Waals surface area contributed by atoms with E-state index < -0.39 is 0 Å². The Hall–Kier alpha value is -0.480. The molecule has 86 valence electrons. The van der Waals surface area contributed by atoms with Crippen molar-refractivity contribution in [3.63, 3.8) is 0 Å². The molecule has 0 saturated carbocycles. The van der Waals surface area contributed by atoms with Crippen LogP contribution in [0.5, 0.6) is 5.75 Å². The summed E-state index contributed by atoms with van der Waals surface area (Å²) in [5, 5.41) is 3.17. The molecule has 1 aliphatic rings. The van der Waals surface area contributed by atoms with Gasteiger partial charge in [0.05, 0.1) is 12.6 Å². The molecule has 15 heavy (non-hydrogen) atoms. The fourth-order valence-electron chi connectivity index (χ4n) is 1.52. The number of halogens is 2. The Bertz CT molecular complexity index is 299. The predicted octanol–water partition coefficient (Wildman–Crippen LogP) is 1.30. The number of nitrogens with two attached hydrogens (primary N) is 1. The molecule has 0 unspecified atom stereocenters. The summed E-state index contributed by atoms with van der Waals surface area (Å²) in [6.07, 6.45) is 0. The van der Waals surface area contributed by atoms with Crippen LogP contribution >= 0.6 is 24.8 Å². The highest BCUT2D eigenvalue weighted by Gasteiger charge is 2.33. The van der Waals surface area contributed by atoms with Gasteiger partial charge in [0.1, 0.15) is 5.75 Å². The van der Waals surface area contributed by atoms with Crippen molar-refractivity contribution in [3.05, 3.63) is 29.8 Å². The third-order valence-electron chi connectivity index (χ3n) is 2.55. The van der Waals surface area contributed by atoms with Crippen LogP contribution in [0.15, 0.2) is 24.3 Å². The molecule has 1 heterocycles. The third kappa shape index (κ3) is 2.75. The van der Waals surface area contributed by atoms with Crippen LogP contribution in [0.1, 0.15) is 5.56 Å².